The summed E-state index contributed by atoms with van der Waals surface area (Å²) in [6.07, 6.45) is 12.7. The molecule has 0 atom stereocenters. The van der Waals surface area contributed by atoms with Gasteiger partial charge in [-0.15, -0.1) is 0 Å². The molecule has 2 heteroatoms. The van der Waals surface area contributed by atoms with Crippen LogP contribution in [0.3, 0.4) is 0 Å². The van der Waals surface area contributed by atoms with Crippen molar-refractivity contribution < 1.29 is 20.8 Å². The number of rotatable bonds is 2. The molecule has 73 valence electrons. The molecule has 1 nitrogen and oxygen atoms in total. The van der Waals surface area contributed by atoms with E-state index in [0.717, 1.165) is 16.5 Å². The van der Waals surface area contributed by atoms with E-state index < -0.39 is 5.41 Å². The van der Waals surface area contributed by atoms with E-state index in [-0.39, 0.29) is 5.78 Å². The first-order valence-electron chi connectivity index (χ1n) is 4.59. The van der Waals surface area contributed by atoms with Crippen LogP contribution in [0.15, 0.2) is 46.5 Å². The summed E-state index contributed by atoms with van der Waals surface area (Å²) in [6, 6.07) is 0. The number of hydrogen-bond acceptors (Lipinski definition) is 1. The Bertz CT molecular complexity index is 385. The van der Waals surface area contributed by atoms with E-state index in [9.17, 15) is 4.79 Å². The van der Waals surface area contributed by atoms with Gasteiger partial charge in [-0.25, -0.2) is 0 Å². The fourth-order valence-electron chi connectivity index (χ4n) is 1.91. The molecule has 0 aliphatic heterocycles. The van der Waals surface area contributed by atoms with Gasteiger partial charge in [-0.05, 0) is 0 Å². The SMILES string of the molecule is CC(=O)C1(C2=[C]([Fe])CC=C2)C=CC=C1. The summed E-state index contributed by atoms with van der Waals surface area (Å²) in [7, 11) is 0. The molecule has 14 heavy (non-hydrogen) atoms. The zero-order valence-corrected chi connectivity index (χ0v) is 9.04. The van der Waals surface area contributed by atoms with Gasteiger partial charge in [0.1, 0.15) is 0 Å². The average Bonchev–Trinajstić information content (AvgIpc) is 2.72. The molecule has 2 aliphatic carbocycles. The van der Waals surface area contributed by atoms with Gasteiger partial charge in [-0.2, -0.15) is 0 Å². The van der Waals surface area contributed by atoms with Gasteiger partial charge >= 0.3 is 91.9 Å². The first-order chi connectivity index (χ1) is 6.67. The zero-order valence-electron chi connectivity index (χ0n) is 7.93. The predicted molar refractivity (Wildman–Crippen MR) is 52.2 cm³/mol. The molecule has 0 bridgehead atoms. The summed E-state index contributed by atoms with van der Waals surface area (Å²) in [5.74, 6) is 0.158. The fraction of sp³-hybridized carbons (Fsp3) is 0.250. The summed E-state index contributed by atoms with van der Waals surface area (Å²) in [5, 5.41) is 0. The van der Waals surface area contributed by atoms with Crippen LogP contribution in [0.25, 0.3) is 0 Å². The van der Waals surface area contributed by atoms with Crippen molar-refractivity contribution in [2.24, 2.45) is 5.41 Å². The monoisotopic (exact) mass is 227 g/mol. The maximum absolute atomic E-state index is 11.7. The van der Waals surface area contributed by atoms with E-state index in [1.54, 1.807) is 6.92 Å². The van der Waals surface area contributed by atoms with Crippen molar-refractivity contribution in [2.45, 2.75) is 13.3 Å². The maximum atomic E-state index is 11.7. The van der Waals surface area contributed by atoms with E-state index in [1.807, 2.05) is 30.4 Å². The predicted octanol–water partition coefficient (Wildman–Crippen LogP) is 2.45. The summed E-state index contributed by atoms with van der Waals surface area (Å²) in [5.41, 5.74) is 0.527. The van der Waals surface area contributed by atoms with E-state index in [0.29, 0.717) is 0 Å². The zero-order chi connectivity index (χ0) is 10.2. The molecule has 0 saturated heterocycles. The van der Waals surface area contributed by atoms with Crippen molar-refractivity contribution >= 4 is 5.78 Å². The molecular weight excluding hydrogens is 216 g/mol. The summed E-state index contributed by atoms with van der Waals surface area (Å²) < 4.78 is 1.05. The molecule has 0 heterocycles. The van der Waals surface area contributed by atoms with Crippen molar-refractivity contribution in [3.8, 4) is 0 Å². The van der Waals surface area contributed by atoms with Gasteiger partial charge in [0.05, 0.1) is 0 Å². The molecule has 0 saturated carbocycles. The Morgan fingerprint density at radius 2 is 2.07 bits per heavy atom. The van der Waals surface area contributed by atoms with Crippen molar-refractivity contribution in [3.63, 3.8) is 0 Å². The molecule has 0 aromatic rings. The number of hydrogen-bond donors (Lipinski definition) is 0. The molecule has 0 spiro atoms. The third kappa shape index (κ3) is 1.26. The summed E-state index contributed by atoms with van der Waals surface area (Å²) in [4.78, 5) is 11.7. The molecule has 0 amide bonds. The standard InChI is InChI=1S/C12H11O.Fe/c1-10(13)12(8-4-5-9-12)11-6-2-3-7-11;/h2,4-6,8-9H,3H2,1H3;. The molecule has 0 radical (unpaired) electrons. The molecule has 0 aromatic heterocycles. The van der Waals surface area contributed by atoms with Crippen LogP contribution in [0.1, 0.15) is 13.3 Å². The minimum absolute atomic E-state index is 0.158. The van der Waals surface area contributed by atoms with Gasteiger partial charge in [-0.1, -0.05) is 0 Å². The molecule has 0 N–H and O–H groups in total. The van der Waals surface area contributed by atoms with Gasteiger partial charge < -0.3 is 0 Å². The van der Waals surface area contributed by atoms with Gasteiger partial charge in [0, 0.05) is 0 Å². The second-order valence-corrected chi connectivity index (χ2v) is 4.22. The van der Waals surface area contributed by atoms with Gasteiger partial charge in [-0.3, -0.25) is 0 Å². The molecular formula is C12H11FeO. The quantitative estimate of drug-likeness (QED) is 0.662. The first kappa shape index (κ1) is 9.69. The summed E-state index contributed by atoms with van der Waals surface area (Å²) >= 11 is 3.99. The van der Waals surface area contributed by atoms with E-state index in [4.69, 9.17) is 0 Å². The van der Waals surface area contributed by atoms with Gasteiger partial charge in [0.25, 0.3) is 0 Å². The Kier molecular flexibility index (Phi) is 2.34. The Labute approximate surface area is 92.1 Å². The molecule has 2 rings (SSSR count). The van der Waals surface area contributed by atoms with Crippen molar-refractivity contribution in [1.29, 1.82) is 0 Å². The number of carbonyl (C=O) groups excluding carboxylic acids is 1. The second kappa shape index (κ2) is 3.38. The van der Waals surface area contributed by atoms with Crippen molar-refractivity contribution in [1.82, 2.24) is 0 Å². The van der Waals surface area contributed by atoms with Crippen LogP contribution < -0.4 is 0 Å². The third-order valence-corrected chi connectivity index (χ3v) is 3.24. The molecule has 0 unspecified atom stereocenters. The number of ketones is 1. The molecule has 0 fully saturated rings. The van der Waals surface area contributed by atoms with Crippen LogP contribution in [0.5, 0.6) is 0 Å². The molecule has 2 aliphatic rings. The molecule has 0 aromatic carbocycles. The van der Waals surface area contributed by atoms with Crippen LogP contribution in [0, 0.1) is 5.41 Å². The summed E-state index contributed by atoms with van der Waals surface area (Å²) in [6.45, 7) is 1.63. The van der Waals surface area contributed by atoms with E-state index in [1.165, 1.54) is 0 Å². The number of Topliss-reactive ketones (excluding diaryl/α,β-unsaturated/α-hetero) is 1. The Balaban J connectivity index is 2.53. The van der Waals surface area contributed by atoms with Crippen LogP contribution in [-0.2, 0) is 20.8 Å². The van der Waals surface area contributed by atoms with E-state index >= 15 is 0 Å². The van der Waals surface area contributed by atoms with Crippen molar-refractivity contribution in [3.05, 3.63) is 46.5 Å². The second-order valence-electron chi connectivity index (χ2n) is 3.55. The number of carbonyl (C=O) groups is 1. The number of allylic oxidation sites excluding steroid dienone is 8. The van der Waals surface area contributed by atoms with Crippen LogP contribution >= 0.6 is 0 Å². The van der Waals surface area contributed by atoms with Gasteiger partial charge in [0.15, 0.2) is 0 Å². The van der Waals surface area contributed by atoms with Crippen molar-refractivity contribution in [2.75, 3.05) is 0 Å². The Morgan fingerprint density at radius 3 is 2.50 bits per heavy atom. The minimum atomic E-state index is -0.524. The van der Waals surface area contributed by atoms with Gasteiger partial charge in [0.2, 0.25) is 0 Å². The van der Waals surface area contributed by atoms with Crippen LogP contribution in [0.2, 0.25) is 0 Å². The normalized spacial score (nSPS) is 22.4. The van der Waals surface area contributed by atoms with Crippen LogP contribution in [-0.4, -0.2) is 5.78 Å². The Hall–Kier alpha value is -0.851. The fourth-order valence-corrected chi connectivity index (χ4v) is 2.36. The first-order valence-corrected chi connectivity index (χ1v) is 5.14. The van der Waals surface area contributed by atoms with Crippen LogP contribution in [0.4, 0.5) is 0 Å². The average molecular weight is 227 g/mol. The topological polar surface area (TPSA) is 17.1 Å². The Morgan fingerprint density at radius 1 is 1.43 bits per heavy atom. The van der Waals surface area contributed by atoms with E-state index in [2.05, 4.69) is 22.1 Å². The third-order valence-electron chi connectivity index (χ3n) is 2.72.